The van der Waals surface area contributed by atoms with Crippen LogP contribution in [-0.2, 0) is 0 Å². The van der Waals surface area contributed by atoms with Crippen LogP contribution in [0.25, 0.3) is 0 Å². The lowest BCUT2D eigenvalue weighted by molar-refractivity contribution is 0.249. The lowest BCUT2D eigenvalue weighted by atomic mass is 10.1. The lowest BCUT2D eigenvalue weighted by Crippen LogP contribution is -2.31. The molecule has 0 bridgehead atoms. The normalized spacial score (nSPS) is 11.6. The topological polar surface area (TPSA) is 50.4 Å². The molecule has 0 unspecified atom stereocenters. The van der Waals surface area contributed by atoms with Gasteiger partial charge in [0.05, 0.1) is 18.8 Å². The number of carbonyl (C=O) groups is 1. The first-order valence-corrected chi connectivity index (χ1v) is 6.56. The summed E-state index contributed by atoms with van der Waals surface area (Å²) in [4.78, 5) is 12.0. The predicted octanol–water partition coefficient (Wildman–Crippen LogP) is 3.72. The number of hydrogen-bond donors (Lipinski definition) is 2. The standard InChI is InChI=1S/C16H17FN2O2/c1-11(12-7-9-13(17)10-8-12)18-16(20)19-14-5-3-4-6-15(14)21-2/h3-11H,1-2H3,(H2,18,19,20)/t11-/m1/s1. The van der Waals surface area contributed by atoms with Crippen LogP contribution in [0.5, 0.6) is 5.75 Å². The molecule has 2 aromatic rings. The minimum absolute atomic E-state index is 0.236. The number of urea groups is 1. The van der Waals surface area contributed by atoms with Crippen LogP contribution in [0.3, 0.4) is 0 Å². The van der Waals surface area contributed by atoms with Crippen LogP contribution in [0, 0.1) is 5.82 Å². The van der Waals surface area contributed by atoms with Gasteiger partial charge in [0.15, 0.2) is 0 Å². The summed E-state index contributed by atoms with van der Waals surface area (Å²) in [6.45, 7) is 1.83. The largest absolute Gasteiger partial charge is 0.495 e. The molecule has 21 heavy (non-hydrogen) atoms. The lowest BCUT2D eigenvalue weighted by Gasteiger charge is -2.16. The highest BCUT2D eigenvalue weighted by atomic mass is 19.1. The molecule has 0 aliphatic carbocycles. The van der Waals surface area contributed by atoms with E-state index in [2.05, 4.69) is 10.6 Å². The van der Waals surface area contributed by atoms with Gasteiger partial charge in [0, 0.05) is 0 Å². The Kier molecular flexibility index (Phi) is 4.77. The second kappa shape index (κ2) is 6.74. The van der Waals surface area contributed by atoms with Crippen molar-refractivity contribution in [1.82, 2.24) is 5.32 Å². The summed E-state index contributed by atoms with van der Waals surface area (Å²) in [7, 11) is 1.54. The van der Waals surface area contributed by atoms with E-state index in [1.165, 1.54) is 12.1 Å². The molecule has 2 amide bonds. The second-order valence-electron chi connectivity index (χ2n) is 4.57. The number of nitrogens with one attached hydrogen (secondary N) is 2. The van der Waals surface area contributed by atoms with Crippen LogP contribution in [0.2, 0.25) is 0 Å². The molecule has 0 aromatic heterocycles. The van der Waals surface area contributed by atoms with Gasteiger partial charge < -0.3 is 15.4 Å². The molecule has 0 saturated carbocycles. The van der Waals surface area contributed by atoms with Crippen molar-refractivity contribution in [2.75, 3.05) is 12.4 Å². The van der Waals surface area contributed by atoms with Crippen LogP contribution in [-0.4, -0.2) is 13.1 Å². The number of ether oxygens (including phenoxy) is 1. The molecule has 0 fully saturated rings. The first-order chi connectivity index (χ1) is 10.1. The van der Waals surface area contributed by atoms with Gasteiger partial charge in [-0.15, -0.1) is 0 Å². The quantitative estimate of drug-likeness (QED) is 0.901. The van der Waals surface area contributed by atoms with Crippen molar-refractivity contribution in [2.24, 2.45) is 0 Å². The van der Waals surface area contributed by atoms with Gasteiger partial charge >= 0.3 is 6.03 Å². The van der Waals surface area contributed by atoms with Crippen LogP contribution in [0.15, 0.2) is 48.5 Å². The molecule has 0 aliphatic heterocycles. The zero-order valence-corrected chi connectivity index (χ0v) is 11.9. The summed E-state index contributed by atoms with van der Waals surface area (Å²) in [5.41, 5.74) is 1.41. The molecule has 2 rings (SSSR count). The maximum Gasteiger partial charge on any atom is 0.319 e. The van der Waals surface area contributed by atoms with Crippen LogP contribution in [0.4, 0.5) is 14.9 Å². The Bertz CT molecular complexity index is 614. The first kappa shape index (κ1) is 14.8. The van der Waals surface area contributed by atoms with E-state index in [-0.39, 0.29) is 17.9 Å². The summed E-state index contributed by atoms with van der Waals surface area (Å²) in [5, 5.41) is 5.51. The Morgan fingerprint density at radius 2 is 1.81 bits per heavy atom. The molecule has 0 radical (unpaired) electrons. The first-order valence-electron chi connectivity index (χ1n) is 6.56. The number of benzene rings is 2. The number of hydrogen-bond acceptors (Lipinski definition) is 2. The van der Waals surface area contributed by atoms with Crippen molar-refractivity contribution in [1.29, 1.82) is 0 Å². The fraction of sp³-hybridized carbons (Fsp3) is 0.188. The van der Waals surface area contributed by atoms with E-state index in [1.54, 1.807) is 31.4 Å². The third kappa shape index (κ3) is 3.95. The van der Waals surface area contributed by atoms with E-state index >= 15 is 0 Å². The zero-order valence-electron chi connectivity index (χ0n) is 11.9. The van der Waals surface area contributed by atoms with Crippen molar-refractivity contribution in [3.05, 3.63) is 59.9 Å². The van der Waals surface area contributed by atoms with E-state index in [4.69, 9.17) is 4.74 Å². The van der Waals surface area contributed by atoms with Gasteiger partial charge in [-0.25, -0.2) is 9.18 Å². The second-order valence-corrected chi connectivity index (χ2v) is 4.57. The Morgan fingerprint density at radius 3 is 2.48 bits per heavy atom. The average Bonchev–Trinajstić information content (AvgIpc) is 2.48. The smallest absolute Gasteiger partial charge is 0.319 e. The molecular weight excluding hydrogens is 271 g/mol. The van der Waals surface area contributed by atoms with Gasteiger partial charge in [-0.3, -0.25) is 0 Å². The van der Waals surface area contributed by atoms with Gasteiger partial charge in [-0.2, -0.15) is 0 Å². The van der Waals surface area contributed by atoms with Crippen molar-refractivity contribution >= 4 is 11.7 Å². The molecule has 4 nitrogen and oxygen atoms in total. The fourth-order valence-electron chi connectivity index (χ4n) is 1.94. The molecule has 0 heterocycles. The number of anilines is 1. The molecule has 2 N–H and O–H groups in total. The van der Waals surface area contributed by atoms with Gasteiger partial charge in [0.1, 0.15) is 11.6 Å². The van der Waals surface area contributed by atoms with Crippen LogP contribution < -0.4 is 15.4 Å². The fourth-order valence-corrected chi connectivity index (χ4v) is 1.94. The third-order valence-corrected chi connectivity index (χ3v) is 3.07. The average molecular weight is 288 g/mol. The maximum atomic E-state index is 12.9. The molecule has 0 saturated heterocycles. The van der Waals surface area contributed by atoms with Crippen molar-refractivity contribution in [3.63, 3.8) is 0 Å². The van der Waals surface area contributed by atoms with E-state index in [0.717, 1.165) is 5.56 Å². The van der Waals surface area contributed by atoms with Crippen LogP contribution >= 0.6 is 0 Å². The summed E-state index contributed by atoms with van der Waals surface area (Å²) in [5.74, 6) is 0.284. The SMILES string of the molecule is COc1ccccc1NC(=O)N[C@H](C)c1ccc(F)cc1. The van der Waals surface area contributed by atoms with E-state index in [1.807, 2.05) is 19.1 Å². The molecule has 0 spiro atoms. The van der Waals surface area contributed by atoms with Gasteiger partial charge in [0.2, 0.25) is 0 Å². The van der Waals surface area contributed by atoms with E-state index in [9.17, 15) is 9.18 Å². The van der Waals surface area contributed by atoms with E-state index < -0.39 is 0 Å². The molecule has 5 heteroatoms. The van der Waals surface area contributed by atoms with Gasteiger partial charge in [-0.1, -0.05) is 24.3 Å². The van der Waals surface area contributed by atoms with Crippen LogP contribution in [0.1, 0.15) is 18.5 Å². The third-order valence-electron chi connectivity index (χ3n) is 3.07. The summed E-state index contributed by atoms with van der Waals surface area (Å²) < 4.78 is 18.0. The Balaban J connectivity index is 1.99. The number of amides is 2. The number of rotatable bonds is 4. The minimum atomic E-state index is -0.351. The highest BCUT2D eigenvalue weighted by Crippen LogP contribution is 2.23. The predicted molar refractivity (Wildman–Crippen MR) is 80.0 cm³/mol. The Hall–Kier alpha value is -2.56. The number of halogens is 1. The summed E-state index contributed by atoms with van der Waals surface area (Å²) in [6.07, 6.45) is 0. The molecule has 2 aromatic carbocycles. The summed E-state index contributed by atoms with van der Waals surface area (Å²) in [6, 6.07) is 12.6. The Morgan fingerprint density at radius 1 is 1.14 bits per heavy atom. The van der Waals surface area contributed by atoms with Gasteiger partial charge in [0.25, 0.3) is 0 Å². The number of para-hydroxylation sites is 2. The Labute approximate surface area is 122 Å². The minimum Gasteiger partial charge on any atom is -0.495 e. The zero-order chi connectivity index (χ0) is 15.2. The highest BCUT2D eigenvalue weighted by Gasteiger charge is 2.11. The van der Waals surface area contributed by atoms with Crippen molar-refractivity contribution < 1.29 is 13.9 Å². The van der Waals surface area contributed by atoms with Gasteiger partial charge in [-0.05, 0) is 36.8 Å². The van der Waals surface area contributed by atoms with Crippen molar-refractivity contribution in [3.8, 4) is 5.75 Å². The number of methoxy groups -OCH3 is 1. The molecular formula is C16H17FN2O2. The van der Waals surface area contributed by atoms with E-state index in [0.29, 0.717) is 11.4 Å². The van der Waals surface area contributed by atoms with Crippen molar-refractivity contribution in [2.45, 2.75) is 13.0 Å². The summed E-state index contributed by atoms with van der Waals surface area (Å²) >= 11 is 0. The monoisotopic (exact) mass is 288 g/mol. The molecule has 0 aliphatic rings. The molecule has 1 atom stereocenters. The highest BCUT2D eigenvalue weighted by molar-refractivity contribution is 5.91. The maximum absolute atomic E-state index is 12.9. The number of carbonyl (C=O) groups excluding carboxylic acids is 1. The molecule has 110 valence electrons.